The van der Waals surface area contributed by atoms with Crippen molar-refractivity contribution >= 4 is 12.8 Å². The molecule has 0 amide bonds. The SMILES string of the molecule is C(=C\c1ccccc1)/B1C2CCCC1CCC2. The molecule has 0 nitrogen and oxygen atoms in total. The predicted molar refractivity (Wildman–Crippen MR) is 76.4 cm³/mol. The summed E-state index contributed by atoms with van der Waals surface area (Å²) >= 11 is 0. The lowest BCUT2D eigenvalue weighted by molar-refractivity contribution is 0.447. The van der Waals surface area contributed by atoms with Crippen LogP contribution in [-0.2, 0) is 0 Å². The van der Waals surface area contributed by atoms with Crippen LogP contribution < -0.4 is 0 Å². The summed E-state index contributed by atoms with van der Waals surface area (Å²) in [6, 6.07) is 10.7. The molecule has 1 aromatic rings. The van der Waals surface area contributed by atoms with Gasteiger partial charge in [0.1, 0.15) is 0 Å². The van der Waals surface area contributed by atoms with Gasteiger partial charge in [0.2, 0.25) is 0 Å². The highest BCUT2D eigenvalue weighted by atomic mass is 14.2. The molecule has 0 spiro atoms. The maximum atomic E-state index is 2.52. The van der Waals surface area contributed by atoms with Gasteiger partial charge >= 0.3 is 0 Å². The number of benzene rings is 1. The Morgan fingerprint density at radius 3 is 2.06 bits per heavy atom. The van der Waals surface area contributed by atoms with Gasteiger partial charge in [-0.2, -0.15) is 0 Å². The lowest BCUT2D eigenvalue weighted by atomic mass is 9.27. The first-order valence-corrected chi connectivity index (χ1v) is 7.17. The van der Waals surface area contributed by atoms with Crippen LogP contribution in [0.1, 0.15) is 44.1 Å². The number of hydrogen-bond donors (Lipinski definition) is 0. The van der Waals surface area contributed by atoms with Crippen LogP contribution >= 0.6 is 0 Å². The van der Waals surface area contributed by atoms with Crippen LogP contribution in [0.2, 0.25) is 11.6 Å². The van der Waals surface area contributed by atoms with Crippen molar-refractivity contribution in [1.82, 2.24) is 0 Å². The third-order valence-corrected chi connectivity index (χ3v) is 4.70. The molecule has 2 saturated heterocycles. The van der Waals surface area contributed by atoms with Crippen LogP contribution in [-0.4, -0.2) is 6.71 Å². The molecule has 88 valence electrons. The zero-order chi connectivity index (χ0) is 11.5. The van der Waals surface area contributed by atoms with Gasteiger partial charge in [-0.25, -0.2) is 0 Å². The lowest BCUT2D eigenvalue weighted by Crippen LogP contribution is -2.32. The van der Waals surface area contributed by atoms with Crippen molar-refractivity contribution in [3.63, 3.8) is 0 Å². The molecule has 17 heavy (non-hydrogen) atoms. The predicted octanol–water partition coefficient (Wildman–Crippen LogP) is 4.84. The number of fused-ring (bicyclic) bond motifs is 2. The molecule has 2 aliphatic heterocycles. The fourth-order valence-corrected chi connectivity index (χ4v) is 3.83. The molecule has 0 aromatic heterocycles. The topological polar surface area (TPSA) is 0 Å². The van der Waals surface area contributed by atoms with Crippen LogP contribution in [0.25, 0.3) is 6.08 Å². The van der Waals surface area contributed by atoms with Gasteiger partial charge < -0.3 is 0 Å². The Morgan fingerprint density at radius 1 is 0.882 bits per heavy atom. The van der Waals surface area contributed by atoms with E-state index in [2.05, 4.69) is 42.4 Å². The highest BCUT2D eigenvalue weighted by Crippen LogP contribution is 2.46. The van der Waals surface area contributed by atoms with Crippen molar-refractivity contribution in [3.05, 3.63) is 41.9 Å². The van der Waals surface area contributed by atoms with Gasteiger partial charge in [-0.05, 0) is 5.56 Å². The van der Waals surface area contributed by atoms with Crippen molar-refractivity contribution in [3.8, 4) is 0 Å². The Morgan fingerprint density at radius 2 is 1.47 bits per heavy atom. The van der Waals surface area contributed by atoms with E-state index in [4.69, 9.17) is 0 Å². The van der Waals surface area contributed by atoms with Gasteiger partial charge in [-0.15, -0.1) is 5.98 Å². The van der Waals surface area contributed by atoms with Crippen LogP contribution in [0.15, 0.2) is 36.3 Å². The molecule has 0 atom stereocenters. The normalized spacial score (nSPS) is 28.6. The largest absolute Gasteiger partial charge is 0.172 e. The monoisotopic (exact) mass is 224 g/mol. The second-order valence-electron chi connectivity index (χ2n) is 5.73. The first-order chi connectivity index (χ1) is 8.43. The highest BCUT2D eigenvalue weighted by molar-refractivity contribution is 6.68. The molecule has 3 rings (SSSR count). The maximum Gasteiger partial charge on any atom is 0.172 e. The molecule has 1 heteroatoms. The summed E-state index contributed by atoms with van der Waals surface area (Å²) < 4.78 is 0. The lowest BCUT2D eigenvalue weighted by Gasteiger charge is -2.39. The second-order valence-corrected chi connectivity index (χ2v) is 5.73. The average Bonchev–Trinajstić information content (AvgIpc) is 2.37. The van der Waals surface area contributed by atoms with E-state index in [1.165, 1.54) is 44.1 Å². The average molecular weight is 224 g/mol. The van der Waals surface area contributed by atoms with Crippen LogP contribution in [0.4, 0.5) is 0 Å². The third kappa shape index (κ3) is 2.49. The molecule has 1 aromatic carbocycles. The Hall–Kier alpha value is -0.975. The summed E-state index contributed by atoms with van der Waals surface area (Å²) in [6.45, 7) is 0.873. The Balaban J connectivity index is 1.73. The fraction of sp³-hybridized carbons (Fsp3) is 0.500. The maximum absolute atomic E-state index is 2.52. The highest BCUT2D eigenvalue weighted by Gasteiger charge is 2.37. The summed E-state index contributed by atoms with van der Waals surface area (Å²) in [5, 5.41) is 0. The van der Waals surface area contributed by atoms with Crippen molar-refractivity contribution in [2.24, 2.45) is 0 Å². The molecular formula is C16H21B. The zero-order valence-corrected chi connectivity index (χ0v) is 10.5. The summed E-state index contributed by atoms with van der Waals surface area (Å²) in [5.74, 6) is 4.49. The molecule has 2 heterocycles. The molecule has 0 radical (unpaired) electrons. The first-order valence-electron chi connectivity index (χ1n) is 7.17. The van der Waals surface area contributed by atoms with E-state index in [-0.39, 0.29) is 0 Å². The number of rotatable bonds is 2. The summed E-state index contributed by atoms with van der Waals surface area (Å²) in [6.07, 6.45) is 11.2. The van der Waals surface area contributed by atoms with Gasteiger partial charge in [0.15, 0.2) is 6.71 Å². The summed E-state index contributed by atoms with van der Waals surface area (Å²) in [5.41, 5.74) is 1.36. The molecule has 0 saturated carbocycles. The van der Waals surface area contributed by atoms with Gasteiger partial charge in [0.05, 0.1) is 0 Å². The van der Waals surface area contributed by atoms with Gasteiger partial charge in [-0.1, -0.05) is 86.6 Å². The van der Waals surface area contributed by atoms with E-state index in [1.807, 2.05) is 0 Å². The summed E-state index contributed by atoms with van der Waals surface area (Å²) in [7, 11) is 0. The minimum absolute atomic E-state index is 0.873. The van der Waals surface area contributed by atoms with E-state index < -0.39 is 0 Å². The molecular weight excluding hydrogens is 203 g/mol. The Bertz CT molecular complexity index is 360. The number of hydrogen-bond acceptors (Lipinski definition) is 0. The van der Waals surface area contributed by atoms with Crippen LogP contribution in [0.5, 0.6) is 0 Å². The zero-order valence-electron chi connectivity index (χ0n) is 10.5. The van der Waals surface area contributed by atoms with E-state index in [1.54, 1.807) is 0 Å². The van der Waals surface area contributed by atoms with Crippen LogP contribution in [0, 0.1) is 0 Å². The van der Waals surface area contributed by atoms with Crippen molar-refractivity contribution in [2.75, 3.05) is 0 Å². The van der Waals surface area contributed by atoms with E-state index >= 15 is 0 Å². The standard InChI is InChI=1S/C16H21B/c1-2-6-14(7-3-1)12-13-17-15-8-4-9-16(17)11-5-10-15/h1-3,6-7,12-13,15-16H,4-5,8-11H2/b13-12+. The van der Waals surface area contributed by atoms with E-state index in [0.29, 0.717) is 0 Å². The summed E-state index contributed by atoms with van der Waals surface area (Å²) in [4.78, 5) is 0. The molecule has 2 fully saturated rings. The molecule has 0 aliphatic carbocycles. The molecule has 2 aliphatic rings. The second kappa shape index (κ2) is 5.12. The minimum Gasteiger partial charge on any atom is -0.114 e. The van der Waals surface area contributed by atoms with Crippen LogP contribution in [0.3, 0.4) is 0 Å². The van der Waals surface area contributed by atoms with Crippen molar-refractivity contribution in [2.45, 2.75) is 50.2 Å². The fourth-order valence-electron chi connectivity index (χ4n) is 3.83. The van der Waals surface area contributed by atoms with Gasteiger partial charge in [0, 0.05) is 0 Å². The molecule has 0 N–H and O–H groups in total. The van der Waals surface area contributed by atoms with Gasteiger partial charge in [-0.3, -0.25) is 0 Å². The minimum atomic E-state index is 0.873. The first kappa shape index (κ1) is 11.1. The smallest absolute Gasteiger partial charge is 0.114 e. The van der Waals surface area contributed by atoms with Gasteiger partial charge in [0.25, 0.3) is 0 Å². The van der Waals surface area contributed by atoms with Crippen molar-refractivity contribution in [1.29, 1.82) is 0 Å². The van der Waals surface area contributed by atoms with E-state index in [9.17, 15) is 0 Å². The van der Waals surface area contributed by atoms with Crippen molar-refractivity contribution < 1.29 is 0 Å². The third-order valence-electron chi connectivity index (χ3n) is 4.70. The molecule has 2 bridgehead atoms. The molecule has 0 unspecified atom stereocenters. The van der Waals surface area contributed by atoms with E-state index in [0.717, 1.165) is 18.3 Å². The Kier molecular flexibility index (Phi) is 3.35. The Labute approximate surface area is 105 Å². The quantitative estimate of drug-likeness (QED) is 0.630.